The Labute approximate surface area is 157 Å². The van der Waals surface area contributed by atoms with Gasteiger partial charge in [-0.3, -0.25) is 4.79 Å². The zero-order chi connectivity index (χ0) is 19.2. The predicted molar refractivity (Wildman–Crippen MR) is 101 cm³/mol. The minimum Gasteiger partial charge on any atom is -0.497 e. The lowest BCUT2D eigenvalue weighted by Crippen LogP contribution is -2.39. The first-order chi connectivity index (χ1) is 13.1. The molecule has 2 aromatic carbocycles. The van der Waals surface area contributed by atoms with Crippen LogP contribution in [0.5, 0.6) is 5.75 Å². The third-order valence-electron chi connectivity index (χ3n) is 4.08. The molecule has 0 saturated heterocycles. The fraction of sp³-hybridized carbons (Fsp3) is 0.238. The number of methoxy groups -OCH3 is 1. The van der Waals surface area contributed by atoms with Crippen LogP contribution in [-0.2, 0) is 16.1 Å². The van der Waals surface area contributed by atoms with Crippen molar-refractivity contribution in [3.63, 3.8) is 0 Å². The van der Waals surface area contributed by atoms with E-state index in [9.17, 15) is 9.59 Å². The normalized spacial score (nSPS) is 11.9. The summed E-state index contributed by atoms with van der Waals surface area (Å²) in [6, 6.07) is 14.0. The SMILES string of the molecule is COc1ccc2oc(C(=O)NC(C=O)COCc3cccc(C)c3)cc2c1. The fourth-order valence-electron chi connectivity index (χ4n) is 2.72. The van der Waals surface area contributed by atoms with Gasteiger partial charge in [-0.25, -0.2) is 0 Å². The van der Waals surface area contributed by atoms with Crippen molar-refractivity contribution < 1.29 is 23.5 Å². The number of nitrogens with one attached hydrogen (secondary N) is 1. The molecule has 3 rings (SSSR count). The topological polar surface area (TPSA) is 77.8 Å². The highest BCUT2D eigenvalue weighted by Gasteiger charge is 2.17. The highest BCUT2D eigenvalue weighted by molar-refractivity contribution is 5.97. The lowest BCUT2D eigenvalue weighted by molar-refractivity contribution is -0.110. The van der Waals surface area contributed by atoms with Crippen LogP contribution in [0.25, 0.3) is 11.0 Å². The Balaban J connectivity index is 1.58. The highest BCUT2D eigenvalue weighted by atomic mass is 16.5. The summed E-state index contributed by atoms with van der Waals surface area (Å²) < 4.78 is 16.3. The van der Waals surface area contributed by atoms with E-state index in [0.29, 0.717) is 24.2 Å². The molecule has 140 valence electrons. The van der Waals surface area contributed by atoms with Gasteiger partial charge in [-0.15, -0.1) is 0 Å². The van der Waals surface area contributed by atoms with Gasteiger partial charge in [0, 0.05) is 5.39 Å². The van der Waals surface area contributed by atoms with Crippen molar-refractivity contribution in [3.05, 3.63) is 65.4 Å². The van der Waals surface area contributed by atoms with E-state index in [1.807, 2.05) is 31.2 Å². The van der Waals surface area contributed by atoms with Crippen molar-refractivity contribution in [2.24, 2.45) is 0 Å². The number of hydrogen-bond donors (Lipinski definition) is 1. The maximum atomic E-state index is 12.4. The Kier molecular flexibility index (Phi) is 5.88. The van der Waals surface area contributed by atoms with Crippen molar-refractivity contribution in [2.75, 3.05) is 13.7 Å². The molecule has 6 nitrogen and oxygen atoms in total. The summed E-state index contributed by atoms with van der Waals surface area (Å²) in [6.07, 6.45) is 0.653. The van der Waals surface area contributed by atoms with Gasteiger partial charge in [0.05, 0.1) is 20.3 Å². The van der Waals surface area contributed by atoms with Gasteiger partial charge in [0.1, 0.15) is 23.7 Å². The summed E-state index contributed by atoms with van der Waals surface area (Å²) in [4.78, 5) is 23.6. The zero-order valence-corrected chi connectivity index (χ0v) is 15.2. The zero-order valence-electron chi connectivity index (χ0n) is 15.2. The average Bonchev–Trinajstić information content (AvgIpc) is 3.10. The number of carbonyl (C=O) groups is 2. The molecule has 1 aromatic heterocycles. The number of aryl methyl sites for hydroxylation is 1. The number of ether oxygens (including phenoxy) is 2. The Morgan fingerprint density at radius 2 is 2.07 bits per heavy atom. The first-order valence-corrected chi connectivity index (χ1v) is 8.56. The van der Waals surface area contributed by atoms with Crippen LogP contribution in [0.15, 0.2) is 52.9 Å². The molecule has 0 fully saturated rings. The van der Waals surface area contributed by atoms with Crippen LogP contribution < -0.4 is 10.1 Å². The number of rotatable bonds is 8. The van der Waals surface area contributed by atoms with E-state index in [2.05, 4.69) is 5.32 Å². The summed E-state index contributed by atoms with van der Waals surface area (Å²) in [7, 11) is 1.57. The number of furan rings is 1. The van der Waals surface area contributed by atoms with Gasteiger partial charge in [0.2, 0.25) is 0 Å². The Bertz CT molecular complexity index is 947. The number of fused-ring (bicyclic) bond motifs is 1. The van der Waals surface area contributed by atoms with Crippen LogP contribution in [0.4, 0.5) is 0 Å². The number of hydrogen-bond acceptors (Lipinski definition) is 5. The van der Waals surface area contributed by atoms with Crippen LogP contribution in [0, 0.1) is 6.92 Å². The predicted octanol–water partition coefficient (Wildman–Crippen LogP) is 3.26. The Morgan fingerprint density at radius 3 is 2.81 bits per heavy atom. The minimum atomic E-state index is -0.759. The monoisotopic (exact) mass is 367 g/mol. The molecule has 0 aliphatic carbocycles. The van der Waals surface area contributed by atoms with Gasteiger partial charge < -0.3 is 24.0 Å². The van der Waals surface area contributed by atoms with Crippen molar-refractivity contribution in [1.29, 1.82) is 0 Å². The van der Waals surface area contributed by atoms with Gasteiger partial charge in [-0.05, 0) is 36.8 Å². The Hall–Kier alpha value is -3.12. The van der Waals surface area contributed by atoms with E-state index in [0.717, 1.165) is 16.5 Å². The van der Waals surface area contributed by atoms with Crippen LogP contribution >= 0.6 is 0 Å². The van der Waals surface area contributed by atoms with E-state index in [4.69, 9.17) is 13.9 Å². The smallest absolute Gasteiger partial charge is 0.287 e. The lowest BCUT2D eigenvalue weighted by Gasteiger charge is -2.12. The first kappa shape index (κ1) is 18.7. The van der Waals surface area contributed by atoms with Gasteiger partial charge in [-0.1, -0.05) is 29.8 Å². The van der Waals surface area contributed by atoms with Gasteiger partial charge >= 0.3 is 0 Å². The van der Waals surface area contributed by atoms with E-state index >= 15 is 0 Å². The first-order valence-electron chi connectivity index (χ1n) is 8.56. The maximum absolute atomic E-state index is 12.4. The Morgan fingerprint density at radius 1 is 1.22 bits per heavy atom. The molecule has 0 spiro atoms. The molecule has 0 aliphatic heterocycles. The summed E-state index contributed by atoms with van der Waals surface area (Å²) in [6.45, 7) is 2.45. The van der Waals surface area contributed by atoms with Crippen LogP contribution in [0.3, 0.4) is 0 Å². The fourth-order valence-corrected chi connectivity index (χ4v) is 2.72. The second-order valence-electron chi connectivity index (χ2n) is 6.23. The van der Waals surface area contributed by atoms with Crippen molar-refractivity contribution in [3.8, 4) is 5.75 Å². The van der Waals surface area contributed by atoms with Crippen LogP contribution in [0.2, 0.25) is 0 Å². The number of benzene rings is 2. The van der Waals surface area contributed by atoms with Crippen molar-refractivity contribution in [1.82, 2.24) is 5.32 Å². The van der Waals surface area contributed by atoms with Crippen LogP contribution in [0.1, 0.15) is 21.7 Å². The molecule has 0 bridgehead atoms. The minimum absolute atomic E-state index is 0.0806. The molecule has 27 heavy (non-hydrogen) atoms. The molecule has 0 aliphatic rings. The number of amides is 1. The summed E-state index contributed by atoms with van der Waals surface area (Å²) in [5.41, 5.74) is 2.72. The number of carbonyl (C=O) groups excluding carboxylic acids is 2. The molecule has 1 atom stereocenters. The van der Waals surface area contributed by atoms with Crippen molar-refractivity contribution >= 4 is 23.2 Å². The quantitative estimate of drug-likeness (QED) is 0.618. The standard InChI is InChI=1S/C21H21NO5/c1-14-4-3-5-15(8-14)12-26-13-17(11-23)22-21(24)20-10-16-9-18(25-2)6-7-19(16)27-20/h3-11,17H,12-13H2,1-2H3,(H,22,24). The largest absolute Gasteiger partial charge is 0.497 e. The second-order valence-corrected chi connectivity index (χ2v) is 6.23. The molecule has 3 aromatic rings. The van der Waals surface area contributed by atoms with E-state index < -0.39 is 11.9 Å². The molecule has 6 heteroatoms. The van der Waals surface area contributed by atoms with E-state index in [-0.39, 0.29) is 12.4 Å². The van der Waals surface area contributed by atoms with Crippen LogP contribution in [-0.4, -0.2) is 32.0 Å². The van der Waals surface area contributed by atoms with Crippen molar-refractivity contribution in [2.45, 2.75) is 19.6 Å². The molecule has 0 radical (unpaired) electrons. The third kappa shape index (κ3) is 4.74. The molecule has 1 unspecified atom stereocenters. The summed E-state index contributed by atoms with van der Waals surface area (Å²) in [5.74, 6) is 0.329. The maximum Gasteiger partial charge on any atom is 0.287 e. The average molecular weight is 367 g/mol. The second kappa shape index (κ2) is 8.51. The summed E-state index contributed by atoms with van der Waals surface area (Å²) >= 11 is 0. The summed E-state index contributed by atoms with van der Waals surface area (Å²) in [5, 5.41) is 3.36. The van der Waals surface area contributed by atoms with Gasteiger partial charge in [-0.2, -0.15) is 0 Å². The lowest BCUT2D eigenvalue weighted by atomic mass is 10.1. The number of aldehydes is 1. The molecule has 1 N–H and O–H groups in total. The van der Waals surface area contributed by atoms with E-state index in [1.54, 1.807) is 31.4 Å². The third-order valence-corrected chi connectivity index (χ3v) is 4.08. The van der Waals surface area contributed by atoms with Gasteiger partial charge in [0.15, 0.2) is 5.76 Å². The highest BCUT2D eigenvalue weighted by Crippen LogP contribution is 2.24. The van der Waals surface area contributed by atoms with E-state index in [1.165, 1.54) is 0 Å². The van der Waals surface area contributed by atoms with Gasteiger partial charge in [0.25, 0.3) is 5.91 Å². The molecular formula is C21H21NO5. The molecule has 1 heterocycles. The molecule has 0 saturated carbocycles. The molecular weight excluding hydrogens is 346 g/mol. The molecule has 1 amide bonds.